The fourth-order valence-corrected chi connectivity index (χ4v) is 1.88. The highest BCUT2D eigenvalue weighted by Gasteiger charge is 2.07. The number of rotatable bonds is 3. The summed E-state index contributed by atoms with van der Waals surface area (Å²) in [7, 11) is 1.36. The van der Waals surface area contributed by atoms with Gasteiger partial charge in [-0.2, -0.15) is 0 Å². The van der Waals surface area contributed by atoms with E-state index in [4.69, 9.17) is 11.6 Å². The summed E-state index contributed by atoms with van der Waals surface area (Å²) in [4.78, 5) is 15.5. The molecule has 0 radical (unpaired) electrons. The van der Waals surface area contributed by atoms with E-state index >= 15 is 0 Å². The molecule has 92 valence electrons. The van der Waals surface area contributed by atoms with Gasteiger partial charge in [0, 0.05) is 5.56 Å². The summed E-state index contributed by atoms with van der Waals surface area (Å²) in [5, 5.41) is 0.371. The van der Waals surface area contributed by atoms with Crippen LogP contribution in [0.2, 0.25) is 5.15 Å². The molecule has 3 nitrogen and oxygen atoms in total. The van der Waals surface area contributed by atoms with Crippen molar-refractivity contribution in [3.05, 3.63) is 53.2 Å². The van der Waals surface area contributed by atoms with Crippen molar-refractivity contribution in [1.82, 2.24) is 4.98 Å². The average Bonchev–Trinajstić information content (AvgIpc) is 2.39. The number of methoxy groups -OCH3 is 1. The van der Waals surface area contributed by atoms with Crippen LogP contribution >= 0.6 is 11.6 Å². The van der Waals surface area contributed by atoms with Gasteiger partial charge in [-0.05, 0) is 17.7 Å². The van der Waals surface area contributed by atoms with Crippen LogP contribution in [0.1, 0.15) is 5.56 Å². The zero-order chi connectivity index (χ0) is 13.0. The number of nitrogens with zero attached hydrogens (tertiary/aromatic N) is 1. The number of esters is 1. The molecule has 0 spiro atoms. The van der Waals surface area contributed by atoms with E-state index in [1.54, 1.807) is 6.07 Å². The largest absolute Gasteiger partial charge is 0.469 e. The molecule has 0 amide bonds. The number of carbonyl (C=O) groups excluding carboxylic acids is 1. The van der Waals surface area contributed by atoms with Gasteiger partial charge in [-0.1, -0.05) is 41.9 Å². The van der Waals surface area contributed by atoms with Crippen molar-refractivity contribution in [2.45, 2.75) is 6.42 Å². The van der Waals surface area contributed by atoms with Crippen LogP contribution in [-0.4, -0.2) is 18.1 Å². The zero-order valence-electron chi connectivity index (χ0n) is 9.89. The van der Waals surface area contributed by atoms with Gasteiger partial charge in [0.25, 0.3) is 0 Å². The summed E-state index contributed by atoms with van der Waals surface area (Å²) in [6.45, 7) is 0. The zero-order valence-corrected chi connectivity index (χ0v) is 10.6. The quantitative estimate of drug-likeness (QED) is 0.629. The van der Waals surface area contributed by atoms with Gasteiger partial charge in [0.05, 0.1) is 19.2 Å². The standard InChI is InChI=1S/C14H12ClNO2/c1-18-14(17)9-10-7-12(16-13(15)8-10)11-5-3-2-4-6-11/h2-8H,9H2,1H3. The van der Waals surface area contributed by atoms with E-state index in [0.29, 0.717) is 5.15 Å². The first kappa shape index (κ1) is 12.6. The van der Waals surface area contributed by atoms with E-state index in [-0.39, 0.29) is 12.4 Å². The maximum atomic E-state index is 11.3. The number of hydrogen-bond acceptors (Lipinski definition) is 3. The molecule has 2 rings (SSSR count). The highest BCUT2D eigenvalue weighted by molar-refractivity contribution is 6.29. The Morgan fingerprint density at radius 2 is 2.00 bits per heavy atom. The van der Waals surface area contributed by atoms with Crippen LogP contribution in [0, 0.1) is 0 Å². The molecule has 0 aliphatic rings. The van der Waals surface area contributed by atoms with Crippen LogP contribution in [0.4, 0.5) is 0 Å². The number of pyridine rings is 1. The Morgan fingerprint density at radius 1 is 1.28 bits per heavy atom. The molecule has 0 aliphatic carbocycles. The summed E-state index contributed by atoms with van der Waals surface area (Å²) < 4.78 is 4.64. The summed E-state index contributed by atoms with van der Waals surface area (Å²) in [6.07, 6.45) is 0.193. The van der Waals surface area contributed by atoms with Crippen molar-refractivity contribution < 1.29 is 9.53 Å². The lowest BCUT2D eigenvalue weighted by Crippen LogP contribution is -2.05. The van der Waals surface area contributed by atoms with Gasteiger partial charge in [0.1, 0.15) is 5.15 Å². The van der Waals surface area contributed by atoms with Crippen molar-refractivity contribution in [1.29, 1.82) is 0 Å². The number of hydrogen-bond donors (Lipinski definition) is 0. The van der Waals surface area contributed by atoms with Crippen LogP contribution in [-0.2, 0) is 16.0 Å². The van der Waals surface area contributed by atoms with E-state index in [9.17, 15) is 4.79 Å². The van der Waals surface area contributed by atoms with E-state index in [2.05, 4.69) is 9.72 Å². The molecule has 0 aliphatic heterocycles. The Hall–Kier alpha value is -1.87. The maximum absolute atomic E-state index is 11.3. The lowest BCUT2D eigenvalue weighted by molar-refractivity contribution is -0.139. The Labute approximate surface area is 110 Å². The molecule has 0 saturated heterocycles. The van der Waals surface area contributed by atoms with Gasteiger partial charge >= 0.3 is 5.97 Å². The number of aromatic nitrogens is 1. The maximum Gasteiger partial charge on any atom is 0.309 e. The van der Waals surface area contributed by atoms with Crippen LogP contribution in [0.15, 0.2) is 42.5 Å². The van der Waals surface area contributed by atoms with Crippen LogP contribution in [0.25, 0.3) is 11.3 Å². The average molecular weight is 262 g/mol. The molecule has 0 atom stereocenters. The lowest BCUT2D eigenvalue weighted by atomic mass is 10.1. The third-order valence-corrected chi connectivity index (χ3v) is 2.69. The molecule has 4 heteroatoms. The van der Waals surface area contributed by atoms with Gasteiger partial charge in [0.15, 0.2) is 0 Å². The molecule has 1 heterocycles. The summed E-state index contributed by atoms with van der Waals surface area (Å²) in [6, 6.07) is 13.2. The SMILES string of the molecule is COC(=O)Cc1cc(Cl)nc(-c2ccccc2)c1. The smallest absolute Gasteiger partial charge is 0.309 e. The van der Waals surface area contributed by atoms with Gasteiger partial charge < -0.3 is 4.74 Å². The van der Waals surface area contributed by atoms with Gasteiger partial charge in [-0.3, -0.25) is 4.79 Å². The van der Waals surface area contributed by atoms with Crippen molar-refractivity contribution in [2.75, 3.05) is 7.11 Å². The minimum Gasteiger partial charge on any atom is -0.469 e. The second-order valence-electron chi connectivity index (χ2n) is 3.80. The Morgan fingerprint density at radius 3 is 2.67 bits per heavy atom. The molecule has 0 fully saturated rings. The lowest BCUT2D eigenvalue weighted by Gasteiger charge is -2.05. The second-order valence-corrected chi connectivity index (χ2v) is 4.19. The third-order valence-electron chi connectivity index (χ3n) is 2.50. The minimum absolute atomic E-state index is 0.193. The Balaban J connectivity index is 2.35. The first-order valence-electron chi connectivity index (χ1n) is 5.48. The first-order valence-corrected chi connectivity index (χ1v) is 5.85. The number of carbonyl (C=O) groups is 1. The van der Waals surface area contributed by atoms with E-state index < -0.39 is 0 Å². The van der Waals surface area contributed by atoms with Gasteiger partial charge in [-0.25, -0.2) is 4.98 Å². The topological polar surface area (TPSA) is 39.2 Å². The molecule has 0 N–H and O–H groups in total. The number of halogens is 1. The summed E-state index contributed by atoms with van der Waals surface area (Å²) in [5.41, 5.74) is 2.51. The van der Waals surface area contributed by atoms with E-state index in [0.717, 1.165) is 16.8 Å². The fraction of sp³-hybridized carbons (Fsp3) is 0.143. The predicted molar refractivity (Wildman–Crippen MR) is 70.4 cm³/mol. The summed E-state index contributed by atoms with van der Waals surface area (Å²) >= 11 is 5.96. The second kappa shape index (κ2) is 5.65. The highest BCUT2D eigenvalue weighted by atomic mass is 35.5. The van der Waals surface area contributed by atoms with Crippen LogP contribution in [0.5, 0.6) is 0 Å². The van der Waals surface area contributed by atoms with Crippen LogP contribution in [0.3, 0.4) is 0 Å². The fourth-order valence-electron chi connectivity index (χ4n) is 1.65. The molecule has 2 aromatic rings. The normalized spacial score (nSPS) is 10.1. The summed E-state index contributed by atoms with van der Waals surface area (Å²) in [5.74, 6) is -0.295. The monoisotopic (exact) mass is 261 g/mol. The van der Waals surface area contributed by atoms with Gasteiger partial charge in [0.2, 0.25) is 0 Å². The third kappa shape index (κ3) is 3.08. The highest BCUT2D eigenvalue weighted by Crippen LogP contribution is 2.21. The predicted octanol–water partition coefficient (Wildman–Crippen LogP) is 3.12. The molecular weight excluding hydrogens is 250 g/mol. The Kier molecular flexibility index (Phi) is 3.95. The Bertz CT molecular complexity index is 555. The molecule has 0 saturated carbocycles. The number of ether oxygens (including phenoxy) is 1. The first-order chi connectivity index (χ1) is 8.69. The molecular formula is C14H12ClNO2. The molecule has 18 heavy (non-hydrogen) atoms. The molecule has 0 bridgehead atoms. The van der Waals surface area contributed by atoms with Crippen LogP contribution < -0.4 is 0 Å². The van der Waals surface area contributed by atoms with E-state index in [1.165, 1.54) is 7.11 Å². The van der Waals surface area contributed by atoms with Gasteiger partial charge in [-0.15, -0.1) is 0 Å². The number of benzene rings is 1. The van der Waals surface area contributed by atoms with E-state index in [1.807, 2.05) is 36.4 Å². The van der Waals surface area contributed by atoms with Crippen molar-refractivity contribution in [3.63, 3.8) is 0 Å². The molecule has 0 unspecified atom stereocenters. The molecule has 1 aromatic carbocycles. The molecule has 1 aromatic heterocycles. The van der Waals surface area contributed by atoms with Crippen molar-refractivity contribution in [3.8, 4) is 11.3 Å². The van der Waals surface area contributed by atoms with Crippen molar-refractivity contribution >= 4 is 17.6 Å². The van der Waals surface area contributed by atoms with Crippen molar-refractivity contribution in [2.24, 2.45) is 0 Å². The minimum atomic E-state index is -0.295.